The summed E-state index contributed by atoms with van der Waals surface area (Å²) in [7, 11) is 0. The Hall–Kier alpha value is -2.21. The zero-order valence-corrected chi connectivity index (χ0v) is 11.0. The van der Waals surface area contributed by atoms with Gasteiger partial charge in [0.05, 0.1) is 0 Å². The number of benzene rings is 1. The lowest BCUT2D eigenvalue weighted by molar-refractivity contribution is -0.189. The van der Waals surface area contributed by atoms with Crippen molar-refractivity contribution in [3.05, 3.63) is 46.3 Å². The van der Waals surface area contributed by atoms with Crippen LogP contribution in [0.5, 0.6) is 0 Å². The topological polar surface area (TPSA) is 69.1 Å². The number of carbonyl (C=O) groups excluding carboxylic acids is 1. The number of hydrogen-bond acceptors (Lipinski definition) is 2. The van der Waals surface area contributed by atoms with Crippen molar-refractivity contribution in [2.24, 2.45) is 11.0 Å². The molecule has 0 radical (unpaired) electrons. The second-order valence-electron chi connectivity index (χ2n) is 4.88. The van der Waals surface area contributed by atoms with Crippen LogP contribution >= 0.6 is 0 Å². The molecule has 112 valence electrons. The van der Waals surface area contributed by atoms with Crippen LogP contribution < -0.4 is 0 Å². The van der Waals surface area contributed by atoms with Gasteiger partial charge in [-0.25, -0.2) is 0 Å². The van der Waals surface area contributed by atoms with Crippen molar-refractivity contribution in [3.8, 4) is 0 Å². The first-order valence-corrected chi connectivity index (χ1v) is 6.35. The zero-order valence-electron chi connectivity index (χ0n) is 11.0. The molecule has 0 aromatic heterocycles. The van der Waals surface area contributed by atoms with E-state index in [0.717, 1.165) is 4.90 Å². The zero-order chi connectivity index (χ0) is 15.5. The molecule has 8 heteroatoms. The Morgan fingerprint density at radius 1 is 1.38 bits per heavy atom. The van der Waals surface area contributed by atoms with E-state index < -0.39 is 18.1 Å². The molecule has 2 rings (SSSR count). The van der Waals surface area contributed by atoms with Crippen LogP contribution in [0.15, 0.2) is 35.4 Å². The van der Waals surface area contributed by atoms with Gasteiger partial charge in [0.1, 0.15) is 0 Å². The summed E-state index contributed by atoms with van der Waals surface area (Å²) in [5, 5.41) is 3.34. The normalized spacial score (nSPS) is 20.2. The first kappa shape index (κ1) is 15.2. The van der Waals surface area contributed by atoms with E-state index in [2.05, 4.69) is 10.0 Å². The molecular formula is C13H13F3N4O. The highest BCUT2D eigenvalue weighted by Crippen LogP contribution is 2.40. The van der Waals surface area contributed by atoms with Gasteiger partial charge in [0.15, 0.2) is 6.04 Å². The van der Waals surface area contributed by atoms with Gasteiger partial charge in [0.2, 0.25) is 5.91 Å². The third kappa shape index (κ3) is 3.46. The number of amides is 1. The smallest absolute Gasteiger partial charge is 0.326 e. The molecule has 1 fully saturated rings. The molecule has 1 amide bonds. The van der Waals surface area contributed by atoms with Crippen molar-refractivity contribution in [1.29, 1.82) is 0 Å². The number of carbonyl (C=O) groups is 1. The molecule has 0 saturated carbocycles. The Labute approximate surface area is 119 Å². The van der Waals surface area contributed by atoms with Gasteiger partial charge in [-0.1, -0.05) is 35.4 Å². The average molecular weight is 298 g/mol. The molecule has 0 bridgehead atoms. The monoisotopic (exact) mass is 298 g/mol. The Morgan fingerprint density at radius 2 is 2.05 bits per heavy atom. The number of hydrogen-bond donors (Lipinski definition) is 0. The number of rotatable bonds is 4. The predicted octanol–water partition coefficient (Wildman–Crippen LogP) is 3.45. The molecule has 2 atom stereocenters. The summed E-state index contributed by atoms with van der Waals surface area (Å²) in [6.07, 6.45) is -4.58. The fraction of sp³-hybridized carbons (Fsp3) is 0.462. The number of halogens is 3. The highest BCUT2D eigenvalue weighted by Gasteiger charge is 2.49. The standard InChI is InChI=1S/C13H13F3N4O/c14-13(15,16)12(10-4-2-1-3-5-10)20-8-9(6-11(20)21)7-18-19-17/h1-5,9,12H,6-8H2. The third-order valence-corrected chi connectivity index (χ3v) is 3.38. The van der Waals surface area contributed by atoms with Crippen LogP contribution in [0, 0.1) is 5.92 Å². The van der Waals surface area contributed by atoms with Crippen LogP contribution in [0.4, 0.5) is 13.2 Å². The second kappa shape index (κ2) is 6.05. The second-order valence-corrected chi connectivity index (χ2v) is 4.88. The molecule has 0 aliphatic carbocycles. The Balaban J connectivity index is 2.26. The minimum absolute atomic E-state index is 0.0259. The van der Waals surface area contributed by atoms with Crippen LogP contribution in [0.2, 0.25) is 0 Å². The molecule has 21 heavy (non-hydrogen) atoms. The summed E-state index contributed by atoms with van der Waals surface area (Å²) in [5.41, 5.74) is 8.28. The fourth-order valence-electron chi connectivity index (χ4n) is 2.51. The van der Waals surface area contributed by atoms with Crippen LogP contribution in [0.1, 0.15) is 18.0 Å². The van der Waals surface area contributed by atoms with E-state index >= 15 is 0 Å². The van der Waals surface area contributed by atoms with Crippen molar-refractivity contribution in [3.63, 3.8) is 0 Å². The molecule has 1 saturated heterocycles. The summed E-state index contributed by atoms with van der Waals surface area (Å²) < 4.78 is 40.0. The summed E-state index contributed by atoms with van der Waals surface area (Å²) in [5.74, 6) is -0.943. The molecule has 5 nitrogen and oxygen atoms in total. The van der Waals surface area contributed by atoms with E-state index in [-0.39, 0.29) is 31.0 Å². The number of nitrogens with zero attached hydrogens (tertiary/aromatic N) is 4. The molecule has 1 aliphatic rings. The minimum atomic E-state index is -4.55. The first-order chi connectivity index (χ1) is 9.93. The van der Waals surface area contributed by atoms with Crippen LogP contribution in [0.3, 0.4) is 0 Å². The lowest BCUT2D eigenvalue weighted by Crippen LogP contribution is -2.39. The molecule has 1 aromatic rings. The summed E-state index contributed by atoms with van der Waals surface area (Å²) in [4.78, 5) is 15.3. The Bertz CT molecular complexity index is 554. The molecule has 2 unspecified atom stereocenters. The van der Waals surface area contributed by atoms with Gasteiger partial charge in [-0.15, -0.1) is 0 Å². The summed E-state index contributed by atoms with van der Waals surface area (Å²) in [6.45, 7) is -0.0327. The molecule has 1 heterocycles. The quantitative estimate of drug-likeness (QED) is 0.477. The predicted molar refractivity (Wildman–Crippen MR) is 69.1 cm³/mol. The number of alkyl halides is 3. The van der Waals surface area contributed by atoms with E-state index in [1.807, 2.05) is 0 Å². The van der Waals surface area contributed by atoms with Crippen molar-refractivity contribution >= 4 is 5.91 Å². The number of azide groups is 1. The lowest BCUT2D eigenvalue weighted by Gasteiger charge is -2.30. The van der Waals surface area contributed by atoms with Gasteiger partial charge in [-0.05, 0) is 17.0 Å². The maximum atomic E-state index is 13.3. The Kier molecular flexibility index (Phi) is 4.37. The highest BCUT2D eigenvalue weighted by atomic mass is 19.4. The SMILES string of the molecule is [N-]=[N+]=NCC1CC(=O)N(C(c2ccccc2)C(F)(F)F)C1. The van der Waals surface area contributed by atoms with Crippen molar-refractivity contribution in [2.75, 3.05) is 13.1 Å². The first-order valence-electron chi connectivity index (χ1n) is 6.35. The van der Waals surface area contributed by atoms with E-state index in [0.29, 0.717) is 0 Å². The van der Waals surface area contributed by atoms with Gasteiger partial charge >= 0.3 is 6.18 Å². The molecule has 0 N–H and O–H groups in total. The Morgan fingerprint density at radius 3 is 2.62 bits per heavy atom. The van der Waals surface area contributed by atoms with E-state index in [9.17, 15) is 18.0 Å². The van der Waals surface area contributed by atoms with Crippen molar-refractivity contribution < 1.29 is 18.0 Å². The molecule has 0 spiro atoms. The van der Waals surface area contributed by atoms with Gasteiger partial charge in [-0.3, -0.25) is 4.79 Å². The van der Waals surface area contributed by atoms with E-state index in [4.69, 9.17) is 5.53 Å². The van der Waals surface area contributed by atoms with Gasteiger partial charge < -0.3 is 4.90 Å². The average Bonchev–Trinajstić information content (AvgIpc) is 2.77. The molecule has 1 aliphatic heterocycles. The van der Waals surface area contributed by atoms with Crippen LogP contribution in [-0.4, -0.2) is 30.1 Å². The molecular weight excluding hydrogens is 285 g/mol. The van der Waals surface area contributed by atoms with Crippen molar-refractivity contribution in [2.45, 2.75) is 18.6 Å². The minimum Gasteiger partial charge on any atom is -0.326 e. The summed E-state index contributed by atoms with van der Waals surface area (Å²) >= 11 is 0. The molecule has 1 aromatic carbocycles. The van der Waals surface area contributed by atoms with Gasteiger partial charge in [-0.2, -0.15) is 13.2 Å². The summed E-state index contributed by atoms with van der Waals surface area (Å²) in [6, 6.07) is 5.38. The third-order valence-electron chi connectivity index (χ3n) is 3.38. The fourth-order valence-corrected chi connectivity index (χ4v) is 2.51. The maximum absolute atomic E-state index is 13.3. The largest absolute Gasteiger partial charge is 0.413 e. The van der Waals surface area contributed by atoms with E-state index in [1.165, 1.54) is 24.3 Å². The van der Waals surface area contributed by atoms with Crippen LogP contribution in [0.25, 0.3) is 10.4 Å². The van der Waals surface area contributed by atoms with E-state index in [1.54, 1.807) is 6.07 Å². The van der Waals surface area contributed by atoms with Gasteiger partial charge in [0.25, 0.3) is 0 Å². The highest BCUT2D eigenvalue weighted by molar-refractivity contribution is 5.79. The number of likely N-dealkylation sites (tertiary alicyclic amines) is 1. The van der Waals surface area contributed by atoms with Gasteiger partial charge in [0, 0.05) is 24.4 Å². The maximum Gasteiger partial charge on any atom is 0.413 e. The van der Waals surface area contributed by atoms with Crippen molar-refractivity contribution in [1.82, 2.24) is 4.90 Å². The van der Waals surface area contributed by atoms with Crippen LogP contribution in [-0.2, 0) is 4.79 Å². The lowest BCUT2D eigenvalue weighted by atomic mass is 10.1.